The fourth-order valence-corrected chi connectivity index (χ4v) is 3.34. The minimum atomic E-state index is -3.92. The van der Waals surface area contributed by atoms with E-state index in [1.54, 1.807) is 31.2 Å². The van der Waals surface area contributed by atoms with Crippen LogP contribution in [-0.2, 0) is 10.0 Å². The van der Waals surface area contributed by atoms with Crippen LogP contribution in [0.15, 0.2) is 57.8 Å². The van der Waals surface area contributed by atoms with E-state index >= 15 is 0 Å². The van der Waals surface area contributed by atoms with Crippen molar-refractivity contribution < 1.29 is 22.4 Å². The first kappa shape index (κ1) is 18.0. The van der Waals surface area contributed by atoms with E-state index in [-0.39, 0.29) is 10.7 Å². The van der Waals surface area contributed by atoms with Gasteiger partial charge in [0, 0.05) is 10.9 Å². The van der Waals surface area contributed by atoms with E-state index in [0.717, 1.165) is 5.39 Å². The van der Waals surface area contributed by atoms with Crippen LogP contribution in [0.4, 0.5) is 0 Å². The molecular formula is C18H18N2O5S. The molecule has 0 unspecified atom stereocenters. The lowest BCUT2D eigenvalue weighted by molar-refractivity contribution is 0.0918. The summed E-state index contributed by atoms with van der Waals surface area (Å²) in [5.41, 5.74) is 3.37. The zero-order valence-electron chi connectivity index (χ0n) is 14.3. The first-order valence-corrected chi connectivity index (χ1v) is 9.44. The Labute approximate surface area is 151 Å². The number of sulfonamides is 1. The van der Waals surface area contributed by atoms with E-state index < -0.39 is 15.9 Å². The lowest BCUT2D eigenvalue weighted by Gasteiger charge is -2.09. The topological polar surface area (TPSA) is 97.6 Å². The second-order valence-corrected chi connectivity index (χ2v) is 7.20. The van der Waals surface area contributed by atoms with E-state index in [1.807, 2.05) is 19.1 Å². The molecule has 136 valence electrons. The van der Waals surface area contributed by atoms with E-state index in [9.17, 15) is 13.2 Å². The highest BCUT2D eigenvalue weighted by Gasteiger charge is 2.20. The van der Waals surface area contributed by atoms with Gasteiger partial charge in [0.05, 0.1) is 11.5 Å². The number of hydrogen-bond donors (Lipinski definition) is 2. The summed E-state index contributed by atoms with van der Waals surface area (Å²) in [6.45, 7) is 4.06. The van der Waals surface area contributed by atoms with Crippen molar-refractivity contribution in [3.8, 4) is 5.75 Å². The van der Waals surface area contributed by atoms with Gasteiger partial charge >= 0.3 is 5.91 Å². The van der Waals surface area contributed by atoms with Gasteiger partial charge in [-0.25, -0.2) is 8.42 Å². The number of amides is 1. The van der Waals surface area contributed by atoms with E-state index in [4.69, 9.17) is 9.15 Å². The summed E-state index contributed by atoms with van der Waals surface area (Å²) < 4.78 is 35.4. The molecule has 1 heterocycles. The Kier molecular flexibility index (Phi) is 4.97. The second kappa shape index (κ2) is 7.19. The number of rotatable bonds is 6. The smallest absolute Gasteiger partial charge is 0.302 e. The monoisotopic (exact) mass is 374 g/mol. The molecule has 0 aliphatic carbocycles. The number of hydrogen-bond acceptors (Lipinski definition) is 5. The molecule has 0 atom stereocenters. The summed E-state index contributed by atoms with van der Waals surface area (Å²) in [5, 5.41) is 0.798. The van der Waals surface area contributed by atoms with Gasteiger partial charge in [0.2, 0.25) is 0 Å². The molecule has 0 aliphatic heterocycles. The lowest BCUT2D eigenvalue weighted by Crippen LogP contribution is -2.41. The maximum Gasteiger partial charge on any atom is 0.302 e. The zero-order chi connectivity index (χ0) is 18.7. The number of para-hydroxylation sites is 1. The van der Waals surface area contributed by atoms with Gasteiger partial charge in [0.15, 0.2) is 5.76 Å². The highest BCUT2D eigenvalue weighted by atomic mass is 32.2. The molecule has 1 amide bonds. The SMILES string of the molecule is CCOc1ccc(S(=O)(=O)NNC(=O)c2oc3ccccc3c2C)cc1. The van der Waals surface area contributed by atoms with Crippen molar-refractivity contribution in [1.29, 1.82) is 0 Å². The standard InChI is InChI=1S/C18H18N2O5S/c1-3-24-13-8-10-14(11-9-13)26(22,23)20-19-18(21)17-12(2)15-6-4-5-7-16(15)25-17/h4-11,20H,3H2,1-2H3,(H,19,21). The van der Waals surface area contributed by atoms with Crippen molar-refractivity contribution in [3.63, 3.8) is 0 Å². The van der Waals surface area contributed by atoms with Crippen molar-refractivity contribution in [2.75, 3.05) is 6.61 Å². The van der Waals surface area contributed by atoms with Crippen molar-refractivity contribution in [1.82, 2.24) is 10.3 Å². The number of hydrazine groups is 1. The van der Waals surface area contributed by atoms with Gasteiger partial charge in [-0.05, 0) is 44.2 Å². The molecule has 0 aliphatic rings. The summed E-state index contributed by atoms with van der Waals surface area (Å²) >= 11 is 0. The van der Waals surface area contributed by atoms with Crippen LogP contribution < -0.4 is 15.0 Å². The summed E-state index contributed by atoms with van der Waals surface area (Å²) in [5.74, 6) is -0.0535. The molecule has 7 nitrogen and oxygen atoms in total. The molecule has 0 spiro atoms. The summed E-state index contributed by atoms with van der Waals surface area (Å²) in [7, 11) is -3.92. The number of carbonyl (C=O) groups excluding carboxylic acids is 1. The second-order valence-electron chi connectivity index (χ2n) is 5.52. The molecule has 2 N–H and O–H groups in total. The van der Waals surface area contributed by atoms with Gasteiger partial charge in [-0.15, -0.1) is 4.83 Å². The third-order valence-electron chi connectivity index (χ3n) is 3.79. The molecule has 8 heteroatoms. The maximum atomic E-state index is 12.3. The average Bonchev–Trinajstić information content (AvgIpc) is 2.98. The van der Waals surface area contributed by atoms with Gasteiger partial charge in [-0.1, -0.05) is 18.2 Å². The van der Waals surface area contributed by atoms with Crippen LogP contribution in [0, 0.1) is 6.92 Å². The molecule has 0 fully saturated rings. The fraction of sp³-hybridized carbons (Fsp3) is 0.167. The lowest BCUT2D eigenvalue weighted by atomic mass is 10.1. The quantitative estimate of drug-likeness (QED) is 0.647. The largest absolute Gasteiger partial charge is 0.494 e. The van der Waals surface area contributed by atoms with Crippen LogP contribution in [0.2, 0.25) is 0 Å². The number of nitrogens with one attached hydrogen (secondary N) is 2. The van der Waals surface area contributed by atoms with E-state index in [1.165, 1.54) is 12.1 Å². The minimum absolute atomic E-state index is 0.00239. The highest BCUT2D eigenvalue weighted by molar-refractivity contribution is 7.89. The van der Waals surface area contributed by atoms with Gasteiger partial charge in [-0.3, -0.25) is 10.2 Å². The Morgan fingerprint density at radius 2 is 1.81 bits per heavy atom. The third-order valence-corrected chi connectivity index (χ3v) is 5.06. The van der Waals surface area contributed by atoms with Crippen molar-refractivity contribution >= 4 is 26.9 Å². The maximum absolute atomic E-state index is 12.3. The van der Waals surface area contributed by atoms with Gasteiger partial charge < -0.3 is 9.15 Å². The Morgan fingerprint density at radius 3 is 2.46 bits per heavy atom. The highest BCUT2D eigenvalue weighted by Crippen LogP contribution is 2.24. The first-order chi connectivity index (χ1) is 12.4. The normalized spacial score (nSPS) is 11.5. The number of carbonyl (C=O) groups is 1. The fourth-order valence-electron chi connectivity index (χ4n) is 2.50. The Balaban J connectivity index is 1.74. The van der Waals surface area contributed by atoms with Crippen molar-refractivity contribution in [3.05, 3.63) is 59.9 Å². The van der Waals surface area contributed by atoms with Crippen LogP contribution >= 0.6 is 0 Å². The number of fused-ring (bicyclic) bond motifs is 1. The predicted octanol–water partition coefficient (Wildman–Crippen LogP) is 2.76. The summed E-state index contributed by atoms with van der Waals surface area (Å²) in [4.78, 5) is 14.4. The molecule has 0 bridgehead atoms. The van der Waals surface area contributed by atoms with Crippen LogP contribution in [0.5, 0.6) is 5.75 Å². The molecule has 3 aromatic rings. The molecule has 26 heavy (non-hydrogen) atoms. The molecule has 0 saturated heterocycles. The number of furan rings is 1. The third kappa shape index (κ3) is 3.56. The molecule has 2 aromatic carbocycles. The Bertz CT molecular complexity index is 1040. The summed E-state index contributed by atoms with van der Waals surface area (Å²) in [6.07, 6.45) is 0. The zero-order valence-corrected chi connectivity index (χ0v) is 15.1. The van der Waals surface area contributed by atoms with Crippen LogP contribution in [-0.4, -0.2) is 20.9 Å². The predicted molar refractivity (Wildman–Crippen MR) is 96.3 cm³/mol. The van der Waals surface area contributed by atoms with Crippen LogP contribution in [0.25, 0.3) is 11.0 Å². The molecule has 0 saturated carbocycles. The van der Waals surface area contributed by atoms with E-state index in [2.05, 4.69) is 10.3 Å². The summed E-state index contributed by atoms with van der Waals surface area (Å²) in [6, 6.07) is 13.1. The van der Waals surface area contributed by atoms with Crippen molar-refractivity contribution in [2.24, 2.45) is 0 Å². The van der Waals surface area contributed by atoms with E-state index in [0.29, 0.717) is 23.5 Å². The van der Waals surface area contributed by atoms with Gasteiger partial charge in [-0.2, -0.15) is 0 Å². The number of aryl methyl sites for hydroxylation is 1. The Hall–Kier alpha value is -2.84. The first-order valence-electron chi connectivity index (χ1n) is 7.95. The van der Waals surface area contributed by atoms with Crippen LogP contribution in [0.1, 0.15) is 23.0 Å². The average molecular weight is 374 g/mol. The molecular weight excluding hydrogens is 356 g/mol. The molecule has 1 aromatic heterocycles. The molecule has 0 radical (unpaired) electrons. The van der Waals surface area contributed by atoms with Crippen molar-refractivity contribution in [2.45, 2.75) is 18.7 Å². The van der Waals surface area contributed by atoms with Crippen LogP contribution in [0.3, 0.4) is 0 Å². The van der Waals surface area contributed by atoms with Gasteiger partial charge in [0.1, 0.15) is 11.3 Å². The van der Waals surface area contributed by atoms with Gasteiger partial charge in [0.25, 0.3) is 10.0 Å². The number of ether oxygens (including phenoxy) is 1. The molecule has 3 rings (SSSR count). The number of benzene rings is 2. The minimum Gasteiger partial charge on any atom is -0.494 e. The Morgan fingerprint density at radius 1 is 1.12 bits per heavy atom.